The van der Waals surface area contributed by atoms with Gasteiger partial charge < -0.3 is 9.73 Å². The van der Waals surface area contributed by atoms with Gasteiger partial charge in [-0.05, 0) is 48.4 Å². The lowest BCUT2D eigenvalue weighted by Crippen LogP contribution is -2.27. The molecule has 7 heteroatoms. The van der Waals surface area contributed by atoms with Crippen molar-refractivity contribution in [2.75, 3.05) is 13.6 Å². The summed E-state index contributed by atoms with van der Waals surface area (Å²) in [4.78, 5) is 12.5. The Morgan fingerprint density at radius 2 is 1.72 bits per heavy atom. The molecule has 1 amide bonds. The predicted octanol–water partition coefficient (Wildman–Crippen LogP) is 3.46. The summed E-state index contributed by atoms with van der Waals surface area (Å²) >= 11 is 0. The monoisotopic (exact) mass is 412 g/mol. The van der Waals surface area contributed by atoms with Gasteiger partial charge in [-0.3, -0.25) is 4.79 Å². The third-order valence-corrected chi connectivity index (χ3v) is 6.36. The number of aryl methyl sites for hydroxylation is 1. The molecule has 0 fully saturated rings. The van der Waals surface area contributed by atoms with Crippen LogP contribution in [0.3, 0.4) is 0 Å². The van der Waals surface area contributed by atoms with Crippen LogP contribution in [0.2, 0.25) is 0 Å². The number of benzene rings is 2. The summed E-state index contributed by atoms with van der Waals surface area (Å²) < 4.78 is 31.8. The molecule has 1 aromatic heterocycles. The van der Waals surface area contributed by atoms with Crippen LogP contribution in [0.15, 0.2) is 82.3 Å². The number of carbonyl (C=O) groups excluding carboxylic acids is 1. The van der Waals surface area contributed by atoms with Crippen LogP contribution in [0.5, 0.6) is 0 Å². The zero-order chi connectivity index (χ0) is 20.7. The number of rotatable bonds is 9. The Morgan fingerprint density at radius 3 is 2.38 bits per heavy atom. The highest BCUT2D eigenvalue weighted by Crippen LogP contribution is 2.16. The Bertz CT molecular complexity index is 1010. The van der Waals surface area contributed by atoms with Crippen molar-refractivity contribution in [3.63, 3.8) is 0 Å². The number of amides is 1. The van der Waals surface area contributed by atoms with E-state index >= 15 is 0 Å². The van der Waals surface area contributed by atoms with Crippen LogP contribution in [0.1, 0.15) is 28.1 Å². The van der Waals surface area contributed by atoms with Crippen LogP contribution >= 0.6 is 0 Å². The average Bonchev–Trinajstić information content (AvgIpc) is 3.26. The Morgan fingerprint density at radius 1 is 1.00 bits per heavy atom. The van der Waals surface area contributed by atoms with E-state index in [1.165, 1.54) is 4.31 Å². The first-order chi connectivity index (χ1) is 14.0. The van der Waals surface area contributed by atoms with Crippen molar-refractivity contribution < 1.29 is 17.6 Å². The van der Waals surface area contributed by atoms with Crippen LogP contribution in [-0.4, -0.2) is 32.2 Å². The van der Waals surface area contributed by atoms with Crippen LogP contribution in [-0.2, 0) is 23.0 Å². The van der Waals surface area contributed by atoms with E-state index in [4.69, 9.17) is 4.42 Å². The third-order valence-electron chi connectivity index (χ3n) is 4.54. The normalized spacial score (nSPS) is 11.5. The number of carbonyl (C=O) groups is 1. The van der Waals surface area contributed by atoms with Crippen LogP contribution in [0.25, 0.3) is 0 Å². The number of sulfonamides is 1. The number of nitrogens with zero attached hydrogens (tertiary/aromatic N) is 1. The first-order valence-corrected chi connectivity index (χ1v) is 10.8. The minimum atomic E-state index is -3.55. The van der Waals surface area contributed by atoms with Crippen molar-refractivity contribution in [3.8, 4) is 0 Å². The van der Waals surface area contributed by atoms with Crippen molar-refractivity contribution in [1.82, 2.24) is 9.62 Å². The Labute approximate surface area is 171 Å². The smallest absolute Gasteiger partial charge is 0.251 e. The zero-order valence-corrected chi connectivity index (χ0v) is 17.1. The minimum absolute atomic E-state index is 0.152. The van der Waals surface area contributed by atoms with E-state index in [-0.39, 0.29) is 17.3 Å². The molecule has 2 aromatic carbocycles. The van der Waals surface area contributed by atoms with E-state index in [1.54, 1.807) is 67.9 Å². The lowest BCUT2D eigenvalue weighted by molar-refractivity contribution is 0.0953. The van der Waals surface area contributed by atoms with Crippen molar-refractivity contribution in [2.24, 2.45) is 0 Å². The van der Waals surface area contributed by atoms with Gasteiger partial charge in [-0.25, -0.2) is 8.42 Å². The summed E-state index contributed by atoms with van der Waals surface area (Å²) in [5.74, 6) is 0.749. The highest BCUT2D eigenvalue weighted by molar-refractivity contribution is 7.89. The molecule has 6 nitrogen and oxygen atoms in total. The van der Waals surface area contributed by atoms with Crippen molar-refractivity contribution >= 4 is 15.9 Å². The molecular formula is C22H24N2O4S. The van der Waals surface area contributed by atoms with Gasteiger partial charge in [0.25, 0.3) is 5.91 Å². The number of nitrogens with one attached hydrogen (secondary N) is 1. The van der Waals surface area contributed by atoms with Gasteiger partial charge in [0.05, 0.1) is 11.2 Å². The minimum Gasteiger partial charge on any atom is -0.469 e. The second kappa shape index (κ2) is 9.54. The summed E-state index contributed by atoms with van der Waals surface area (Å²) in [6.07, 6.45) is 3.20. The van der Waals surface area contributed by atoms with Gasteiger partial charge in [0.15, 0.2) is 0 Å². The largest absolute Gasteiger partial charge is 0.469 e. The maximum Gasteiger partial charge on any atom is 0.251 e. The fraction of sp³-hybridized carbons (Fsp3) is 0.227. The summed E-state index contributed by atoms with van der Waals surface area (Å²) in [6.45, 7) is 0.779. The number of hydrogen-bond donors (Lipinski definition) is 1. The molecule has 0 saturated carbocycles. The van der Waals surface area contributed by atoms with E-state index in [9.17, 15) is 13.2 Å². The maximum atomic E-state index is 12.6. The summed E-state index contributed by atoms with van der Waals surface area (Å²) in [5.41, 5.74) is 1.35. The number of hydrogen-bond acceptors (Lipinski definition) is 4. The van der Waals surface area contributed by atoms with E-state index in [0.29, 0.717) is 12.1 Å². The van der Waals surface area contributed by atoms with Crippen molar-refractivity contribution in [1.29, 1.82) is 0 Å². The Hall–Kier alpha value is -2.90. The molecular weight excluding hydrogens is 388 g/mol. The van der Waals surface area contributed by atoms with Crippen molar-refractivity contribution in [3.05, 3.63) is 89.9 Å². The molecule has 1 N–H and O–H groups in total. The molecule has 0 atom stereocenters. The fourth-order valence-electron chi connectivity index (χ4n) is 2.90. The maximum absolute atomic E-state index is 12.6. The quantitative estimate of drug-likeness (QED) is 0.546. The fourth-order valence-corrected chi connectivity index (χ4v) is 4.08. The second-order valence-electron chi connectivity index (χ2n) is 6.71. The molecule has 0 bridgehead atoms. The van der Waals surface area contributed by atoms with E-state index in [0.717, 1.165) is 24.2 Å². The molecule has 1 heterocycles. The van der Waals surface area contributed by atoms with Crippen LogP contribution < -0.4 is 5.32 Å². The lowest BCUT2D eigenvalue weighted by atomic mass is 10.1. The molecule has 3 aromatic rings. The standard InChI is InChI=1S/C22H24N2O4S/c1-24(29(26,27)21-9-3-2-4-10-21)17-18-11-13-19(14-12-18)22(25)23-15-5-7-20-8-6-16-28-20/h2-4,6,8-14,16H,5,7,15,17H2,1H3,(H,23,25). The molecule has 3 rings (SSSR count). The van der Waals surface area contributed by atoms with Gasteiger partial charge in [-0.15, -0.1) is 0 Å². The van der Waals surface area contributed by atoms with Crippen LogP contribution in [0.4, 0.5) is 0 Å². The molecule has 0 saturated heterocycles. The molecule has 0 radical (unpaired) electrons. The van der Waals surface area contributed by atoms with E-state index in [1.807, 2.05) is 12.1 Å². The Balaban J connectivity index is 1.52. The molecule has 0 aliphatic rings. The summed E-state index contributed by atoms with van der Waals surface area (Å²) in [5, 5.41) is 2.88. The van der Waals surface area contributed by atoms with Gasteiger partial charge in [0.1, 0.15) is 5.76 Å². The Kier molecular flexibility index (Phi) is 6.85. The molecule has 0 unspecified atom stereocenters. The topological polar surface area (TPSA) is 79.6 Å². The summed E-state index contributed by atoms with van der Waals surface area (Å²) in [7, 11) is -2.01. The average molecular weight is 413 g/mol. The molecule has 0 spiro atoms. The van der Waals surface area contributed by atoms with Gasteiger partial charge in [0.2, 0.25) is 10.0 Å². The van der Waals surface area contributed by atoms with Gasteiger partial charge in [-0.2, -0.15) is 4.31 Å². The third kappa shape index (κ3) is 5.56. The van der Waals surface area contributed by atoms with Gasteiger partial charge in [0, 0.05) is 32.1 Å². The molecule has 0 aliphatic carbocycles. The SMILES string of the molecule is CN(Cc1ccc(C(=O)NCCCc2ccco2)cc1)S(=O)(=O)c1ccccc1. The van der Waals surface area contributed by atoms with Crippen molar-refractivity contribution in [2.45, 2.75) is 24.3 Å². The zero-order valence-electron chi connectivity index (χ0n) is 16.2. The molecule has 0 aliphatic heterocycles. The first-order valence-electron chi connectivity index (χ1n) is 9.38. The highest BCUT2D eigenvalue weighted by Gasteiger charge is 2.20. The van der Waals surface area contributed by atoms with Gasteiger partial charge >= 0.3 is 0 Å². The lowest BCUT2D eigenvalue weighted by Gasteiger charge is -2.17. The van der Waals surface area contributed by atoms with E-state index < -0.39 is 10.0 Å². The van der Waals surface area contributed by atoms with Gasteiger partial charge in [-0.1, -0.05) is 30.3 Å². The highest BCUT2D eigenvalue weighted by atomic mass is 32.2. The predicted molar refractivity (Wildman–Crippen MR) is 111 cm³/mol. The number of furan rings is 1. The van der Waals surface area contributed by atoms with Crippen LogP contribution in [0, 0.1) is 0 Å². The second-order valence-corrected chi connectivity index (χ2v) is 8.75. The summed E-state index contributed by atoms with van der Waals surface area (Å²) in [6, 6.07) is 19.0. The molecule has 29 heavy (non-hydrogen) atoms. The molecule has 152 valence electrons. The van der Waals surface area contributed by atoms with E-state index in [2.05, 4.69) is 5.32 Å². The first kappa shape index (κ1) is 20.8.